The van der Waals surface area contributed by atoms with Crippen LogP contribution >= 0.6 is 0 Å². The predicted octanol–water partition coefficient (Wildman–Crippen LogP) is -0.570. The van der Waals surface area contributed by atoms with E-state index in [9.17, 15) is 0 Å². The zero-order chi connectivity index (χ0) is 13.8. The highest BCUT2D eigenvalue weighted by Gasteiger charge is 2.25. The van der Waals surface area contributed by atoms with E-state index in [1.54, 1.807) is 0 Å². The fourth-order valence-electron chi connectivity index (χ4n) is 2.76. The highest BCUT2D eigenvalue weighted by atomic mass is 15.3. The highest BCUT2D eigenvalue weighted by molar-refractivity contribution is 5.06. The van der Waals surface area contributed by atoms with Crippen LogP contribution in [0.4, 0.5) is 0 Å². The van der Waals surface area contributed by atoms with Crippen molar-refractivity contribution >= 4 is 0 Å². The van der Waals surface area contributed by atoms with Gasteiger partial charge in [0, 0.05) is 45.0 Å². The summed E-state index contributed by atoms with van der Waals surface area (Å²) >= 11 is 0. The molecule has 1 aliphatic rings. The SMILES string of the molecule is CN1CCN(C)C(CC(Cc2cnn(C)c2)NN)C1. The second-order valence-electron chi connectivity index (χ2n) is 5.72. The van der Waals surface area contributed by atoms with Crippen molar-refractivity contribution in [1.29, 1.82) is 0 Å². The summed E-state index contributed by atoms with van der Waals surface area (Å²) in [5, 5.41) is 4.21. The summed E-state index contributed by atoms with van der Waals surface area (Å²) in [7, 11) is 6.33. The van der Waals surface area contributed by atoms with E-state index in [-0.39, 0.29) is 0 Å². The van der Waals surface area contributed by atoms with Gasteiger partial charge >= 0.3 is 0 Å². The molecule has 1 aromatic rings. The molecule has 2 unspecified atom stereocenters. The van der Waals surface area contributed by atoms with Crippen molar-refractivity contribution < 1.29 is 0 Å². The lowest BCUT2D eigenvalue weighted by Gasteiger charge is -2.39. The Morgan fingerprint density at radius 1 is 1.42 bits per heavy atom. The first-order valence-electron chi connectivity index (χ1n) is 6.91. The molecule has 0 amide bonds. The number of hydrazine groups is 1. The molecule has 0 saturated carbocycles. The third-order valence-corrected chi connectivity index (χ3v) is 4.01. The number of nitrogens with one attached hydrogen (secondary N) is 1. The van der Waals surface area contributed by atoms with E-state index in [4.69, 9.17) is 5.84 Å². The highest BCUT2D eigenvalue weighted by Crippen LogP contribution is 2.14. The molecular weight excluding hydrogens is 240 g/mol. The Morgan fingerprint density at radius 3 is 2.84 bits per heavy atom. The number of rotatable bonds is 5. The minimum Gasteiger partial charge on any atom is -0.304 e. The van der Waals surface area contributed by atoms with Gasteiger partial charge in [-0.15, -0.1) is 0 Å². The predicted molar refractivity (Wildman–Crippen MR) is 76.6 cm³/mol. The average molecular weight is 266 g/mol. The Labute approximate surface area is 115 Å². The summed E-state index contributed by atoms with van der Waals surface area (Å²) in [6.45, 7) is 3.39. The first-order chi connectivity index (χ1) is 9.08. The number of aromatic nitrogens is 2. The minimum atomic E-state index is 0.295. The third-order valence-electron chi connectivity index (χ3n) is 4.01. The maximum atomic E-state index is 5.72. The van der Waals surface area contributed by atoms with Crippen LogP contribution in [0.5, 0.6) is 0 Å². The molecule has 2 atom stereocenters. The lowest BCUT2D eigenvalue weighted by atomic mass is 9.99. The molecule has 3 N–H and O–H groups in total. The molecule has 0 aromatic carbocycles. The number of piperazine rings is 1. The van der Waals surface area contributed by atoms with Gasteiger partial charge in [0.25, 0.3) is 0 Å². The molecule has 108 valence electrons. The Kier molecular flexibility index (Phi) is 4.93. The summed E-state index contributed by atoms with van der Waals surface area (Å²) in [5.74, 6) is 5.72. The van der Waals surface area contributed by atoms with Crippen LogP contribution in [0.25, 0.3) is 0 Å². The lowest BCUT2D eigenvalue weighted by molar-refractivity contribution is 0.101. The summed E-state index contributed by atoms with van der Waals surface area (Å²) < 4.78 is 1.84. The van der Waals surface area contributed by atoms with Crippen molar-refractivity contribution in [2.75, 3.05) is 33.7 Å². The van der Waals surface area contributed by atoms with Gasteiger partial charge in [-0.3, -0.25) is 16.0 Å². The van der Waals surface area contributed by atoms with Gasteiger partial charge in [-0.2, -0.15) is 5.10 Å². The largest absolute Gasteiger partial charge is 0.304 e. The van der Waals surface area contributed by atoms with E-state index in [1.807, 2.05) is 17.9 Å². The number of nitrogens with zero attached hydrogens (tertiary/aromatic N) is 4. The molecular formula is C13H26N6. The molecule has 0 bridgehead atoms. The number of hydrogen-bond acceptors (Lipinski definition) is 5. The van der Waals surface area contributed by atoms with Gasteiger partial charge in [0.15, 0.2) is 0 Å². The van der Waals surface area contributed by atoms with Crippen molar-refractivity contribution in [3.05, 3.63) is 18.0 Å². The molecule has 19 heavy (non-hydrogen) atoms. The Balaban J connectivity index is 1.90. The fraction of sp³-hybridized carbons (Fsp3) is 0.769. The van der Waals surface area contributed by atoms with Gasteiger partial charge in [-0.1, -0.05) is 0 Å². The molecule has 6 heteroatoms. The van der Waals surface area contributed by atoms with Crippen molar-refractivity contribution in [2.24, 2.45) is 12.9 Å². The summed E-state index contributed by atoms with van der Waals surface area (Å²) in [5.41, 5.74) is 4.19. The first-order valence-corrected chi connectivity index (χ1v) is 6.91. The molecule has 2 rings (SSSR count). The van der Waals surface area contributed by atoms with Gasteiger partial charge in [-0.25, -0.2) is 0 Å². The summed E-state index contributed by atoms with van der Waals surface area (Å²) in [6, 6.07) is 0.861. The molecule has 0 radical (unpaired) electrons. The molecule has 2 heterocycles. The smallest absolute Gasteiger partial charge is 0.0522 e. The van der Waals surface area contributed by atoms with Gasteiger partial charge in [0.05, 0.1) is 6.20 Å². The second-order valence-corrected chi connectivity index (χ2v) is 5.72. The van der Waals surface area contributed by atoms with Crippen LogP contribution in [0.2, 0.25) is 0 Å². The Bertz CT molecular complexity index is 390. The molecule has 0 aliphatic carbocycles. The molecule has 1 aliphatic heterocycles. The number of nitrogens with two attached hydrogens (primary N) is 1. The second kappa shape index (κ2) is 6.47. The summed E-state index contributed by atoms with van der Waals surface area (Å²) in [6.07, 6.45) is 5.97. The van der Waals surface area contributed by atoms with Crippen LogP contribution in [0.3, 0.4) is 0 Å². The van der Waals surface area contributed by atoms with Gasteiger partial charge in [0.1, 0.15) is 0 Å². The van der Waals surface area contributed by atoms with E-state index < -0.39 is 0 Å². The quantitative estimate of drug-likeness (QED) is 0.552. The van der Waals surface area contributed by atoms with Crippen LogP contribution in [0.15, 0.2) is 12.4 Å². The van der Waals surface area contributed by atoms with Gasteiger partial charge in [0.2, 0.25) is 0 Å². The van der Waals surface area contributed by atoms with E-state index >= 15 is 0 Å². The minimum absolute atomic E-state index is 0.295. The zero-order valence-corrected chi connectivity index (χ0v) is 12.2. The Hall–Kier alpha value is -0.950. The maximum Gasteiger partial charge on any atom is 0.0522 e. The summed E-state index contributed by atoms with van der Waals surface area (Å²) in [4.78, 5) is 4.83. The molecule has 1 saturated heterocycles. The van der Waals surface area contributed by atoms with Crippen LogP contribution < -0.4 is 11.3 Å². The van der Waals surface area contributed by atoms with Crippen molar-refractivity contribution in [3.63, 3.8) is 0 Å². The van der Waals surface area contributed by atoms with Gasteiger partial charge in [-0.05, 0) is 32.5 Å². The maximum absolute atomic E-state index is 5.72. The van der Waals surface area contributed by atoms with E-state index in [0.717, 1.165) is 32.5 Å². The van der Waals surface area contributed by atoms with Gasteiger partial charge < -0.3 is 9.80 Å². The third kappa shape index (κ3) is 4.01. The van der Waals surface area contributed by atoms with E-state index in [1.165, 1.54) is 5.56 Å². The lowest BCUT2D eigenvalue weighted by Crippen LogP contribution is -2.53. The normalized spacial score (nSPS) is 23.7. The number of aryl methyl sites for hydroxylation is 1. The van der Waals surface area contributed by atoms with Crippen molar-refractivity contribution in [3.8, 4) is 0 Å². The average Bonchev–Trinajstić information content (AvgIpc) is 2.78. The van der Waals surface area contributed by atoms with E-state index in [2.05, 4.69) is 40.6 Å². The van der Waals surface area contributed by atoms with Crippen LogP contribution in [0.1, 0.15) is 12.0 Å². The molecule has 0 spiro atoms. The topological polar surface area (TPSA) is 62.3 Å². The van der Waals surface area contributed by atoms with Crippen LogP contribution in [0, 0.1) is 0 Å². The number of hydrogen-bond donors (Lipinski definition) is 2. The van der Waals surface area contributed by atoms with E-state index in [0.29, 0.717) is 12.1 Å². The molecule has 6 nitrogen and oxygen atoms in total. The monoisotopic (exact) mass is 266 g/mol. The molecule has 1 aromatic heterocycles. The zero-order valence-electron chi connectivity index (χ0n) is 12.2. The fourth-order valence-corrected chi connectivity index (χ4v) is 2.76. The van der Waals surface area contributed by atoms with Crippen LogP contribution in [-0.2, 0) is 13.5 Å². The van der Waals surface area contributed by atoms with Crippen LogP contribution in [-0.4, -0.2) is 65.4 Å². The standard InChI is InChI=1S/C13H26N6/c1-17-4-5-18(2)13(10-17)7-12(16-14)6-11-8-15-19(3)9-11/h8-9,12-13,16H,4-7,10,14H2,1-3H3. The van der Waals surface area contributed by atoms with Crippen molar-refractivity contribution in [2.45, 2.75) is 24.9 Å². The first kappa shape index (κ1) is 14.5. The molecule has 1 fully saturated rings. The Morgan fingerprint density at radius 2 is 2.21 bits per heavy atom. The number of likely N-dealkylation sites (N-methyl/N-ethyl adjacent to an activating group) is 2. The van der Waals surface area contributed by atoms with Crippen molar-refractivity contribution in [1.82, 2.24) is 25.0 Å².